The molecular weight excluding hydrogens is 148 g/mol. The molecule has 1 fully saturated rings. The normalized spacial score (nSPS) is 21.0. The van der Waals surface area contributed by atoms with E-state index in [4.69, 9.17) is 9.84 Å². The van der Waals surface area contributed by atoms with Crippen molar-refractivity contribution in [2.24, 2.45) is 5.41 Å². The summed E-state index contributed by atoms with van der Waals surface area (Å²) in [5.74, 6) is -0.927. The summed E-state index contributed by atoms with van der Waals surface area (Å²) in [4.78, 5) is 21.2. The zero-order valence-electron chi connectivity index (χ0n) is 6.29. The Hall–Kier alpha value is -0.900. The molecule has 1 N–H and O–H groups in total. The predicted octanol–water partition coefficient (Wildman–Crippen LogP) is 0.0667. The molecule has 0 radical (unpaired) electrons. The molecule has 1 aliphatic rings. The molecule has 62 valence electrons. The van der Waals surface area contributed by atoms with Crippen LogP contribution in [0.5, 0.6) is 0 Å². The van der Waals surface area contributed by atoms with Crippen LogP contribution in [0.25, 0.3) is 0 Å². The van der Waals surface area contributed by atoms with Crippen molar-refractivity contribution in [2.45, 2.75) is 12.8 Å². The number of ketones is 1. The molecule has 0 aromatic heterocycles. The van der Waals surface area contributed by atoms with E-state index in [0.717, 1.165) is 0 Å². The molecule has 0 saturated heterocycles. The third-order valence-electron chi connectivity index (χ3n) is 1.95. The molecule has 0 aromatic carbocycles. The number of carboxylic acids is 1. The molecule has 0 atom stereocenters. The van der Waals surface area contributed by atoms with Gasteiger partial charge in [-0.05, 0) is 0 Å². The lowest BCUT2D eigenvalue weighted by atomic mass is 9.68. The van der Waals surface area contributed by atoms with Gasteiger partial charge >= 0.3 is 5.97 Å². The molecule has 1 saturated carbocycles. The molecule has 0 spiro atoms. The van der Waals surface area contributed by atoms with Crippen LogP contribution < -0.4 is 0 Å². The first-order chi connectivity index (χ1) is 5.10. The van der Waals surface area contributed by atoms with Crippen LogP contribution in [-0.2, 0) is 14.3 Å². The van der Waals surface area contributed by atoms with Crippen LogP contribution in [0.3, 0.4) is 0 Å². The lowest BCUT2D eigenvalue weighted by Gasteiger charge is -2.35. The van der Waals surface area contributed by atoms with Crippen molar-refractivity contribution in [2.75, 3.05) is 13.7 Å². The van der Waals surface area contributed by atoms with E-state index in [-0.39, 0.29) is 25.2 Å². The Morgan fingerprint density at radius 3 is 2.55 bits per heavy atom. The molecule has 0 heterocycles. The van der Waals surface area contributed by atoms with Crippen molar-refractivity contribution in [3.05, 3.63) is 0 Å². The van der Waals surface area contributed by atoms with Crippen molar-refractivity contribution in [1.29, 1.82) is 0 Å². The number of hydrogen-bond acceptors (Lipinski definition) is 3. The third-order valence-corrected chi connectivity index (χ3v) is 1.95. The molecule has 0 amide bonds. The van der Waals surface area contributed by atoms with Gasteiger partial charge in [0.25, 0.3) is 0 Å². The van der Waals surface area contributed by atoms with Gasteiger partial charge in [0.2, 0.25) is 0 Å². The second kappa shape index (κ2) is 2.62. The van der Waals surface area contributed by atoms with Crippen molar-refractivity contribution < 1.29 is 19.4 Å². The molecule has 1 aliphatic carbocycles. The SMILES string of the molecule is COCC1(C(=O)O)CC(=O)C1. The lowest BCUT2D eigenvalue weighted by molar-refractivity contribution is -0.165. The lowest BCUT2D eigenvalue weighted by Crippen LogP contribution is -2.47. The highest BCUT2D eigenvalue weighted by atomic mass is 16.5. The van der Waals surface area contributed by atoms with Gasteiger partial charge in [-0.15, -0.1) is 0 Å². The van der Waals surface area contributed by atoms with Crippen LogP contribution in [0.2, 0.25) is 0 Å². The largest absolute Gasteiger partial charge is 0.481 e. The monoisotopic (exact) mass is 158 g/mol. The third kappa shape index (κ3) is 1.26. The van der Waals surface area contributed by atoms with Crippen LogP contribution in [0.15, 0.2) is 0 Å². The fourth-order valence-corrected chi connectivity index (χ4v) is 1.29. The highest BCUT2D eigenvalue weighted by Crippen LogP contribution is 2.38. The van der Waals surface area contributed by atoms with Crippen molar-refractivity contribution in [3.8, 4) is 0 Å². The van der Waals surface area contributed by atoms with Crippen LogP contribution >= 0.6 is 0 Å². The first-order valence-electron chi connectivity index (χ1n) is 3.35. The van der Waals surface area contributed by atoms with E-state index in [9.17, 15) is 9.59 Å². The zero-order chi connectivity index (χ0) is 8.48. The number of ether oxygens (including phenoxy) is 1. The van der Waals surface area contributed by atoms with Gasteiger partial charge in [-0.3, -0.25) is 9.59 Å². The Bertz CT molecular complexity index is 189. The zero-order valence-corrected chi connectivity index (χ0v) is 6.29. The summed E-state index contributed by atoms with van der Waals surface area (Å²) in [6.45, 7) is 0.133. The molecule has 0 aromatic rings. The molecule has 4 heteroatoms. The molecule has 0 aliphatic heterocycles. The summed E-state index contributed by atoms with van der Waals surface area (Å²) in [7, 11) is 1.44. The summed E-state index contributed by atoms with van der Waals surface area (Å²) in [6.07, 6.45) is 0.242. The summed E-state index contributed by atoms with van der Waals surface area (Å²) in [6, 6.07) is 0. The number of carbonyl (C=O) groups is 2. The Morgan fingerprint density at radius 1 is 1.73 bits per heavy atom. The number of aliphatic carboxylic acids is 1. The minimum absolute atomic E-state index is 0.00412. The molecule has 1 rings (SSSR count). The average Bonchev–Trinajstić information content (AvgIpc) is 1.84. The van der Waals surface area contributed by atoms with Crippen molar-refractivity contribution in [1.82, 2.24) is 0 Å². The fourth-order valence-electron chi connectivity index (χ4n) is 1.29. The maximum Gasteiger partial charge on any atom is 0.312 e. The van der Waals surface area contributed by atoms with Gasteiger partial charge in [0.05, 0.1) is 6.61 Å². The summed E-state index contributed by atoms with van der Waals surface area (Å²) < 4.78 is 4.73. The smallest absolute Gasteiger partial charge is 0.312 e. The van der Waals surface area contributed by atoms with Crippen molar-refractivity contribution in [3.63, 3.8) is 0 Å². The summed E-state index contributed by atoms with van der Waals surface area (Å²) in [5, 5.41) is 8.70. The van der Waals surface area contributed by atoms with E-state index < -0.39 is 11.4 Å². The second-order valence-corrected chi connectivity index (χ2v) is 2.91. The van der Waals surface area contributed by atoms with Gasteiger partial charge in [0.1, 0.15) is 11.2 Å². The Kier molecular flexibility index (Phi) is 1.95. The number of carbonyl (C=O) groups excluding carboxylic acids is 1. The number of methoxy groups -OCH3 is 1. The number of carboxylic acid groups (broad SMARTS) is 1. The molecular formula is C7H10O4. The van der Waals surface area contributed by atoms with E-state index in [1.807, 2.05) is 0 Å². The fraction of sp³-hybridized carbons (Fsp3) is 0.714. The molecule has 0 unspecified atom stereocenters. The second-order valence-electron chi connectivity index (χ2n) is 2.91. The molecule has 4 nitrogen and oxygen atoms in total. The number of rotatable bonds is 3. The first kappa shape index (κ1) is 8.20. The van der Waals surface area contributed by atoms with E-state index in [0.29, 0.717) is 0 Å². The van der Waals surface area contributed by atoms with Gasteiger partial charge in [-0.25, -0.2) is 0 Å². The van der Waals surface area contributed by atoms with E-state index in [2.05, 4.69) is 0 Å². The Morgan fingerprint density at radius 2 is 2.27 bits per heavy atom. The summed E-state index contributed by atoms with van der Waals surface area (Å²) in [5.41, 5.74) is -0.911. The van der Waals surface area contributed by atoms with Crippen LogP contribution in [0.4, 0.5) is 0 Å². The predicted molar refractivity (Wildman–Crippen MR) is 36.2 cm³/mol. The minimum atomic E-state index is -0.932. The Balaban J connectivity index is 2.60. The number of Topliss-reactive ketones (excluding diaryl/α,β-unsaturated/α-hetero) is 1. The van der Waals surface area contributed by atoms with Crippen LogP contribution in [0.1, 0.15) is 12.8 Å². The highest BCUT2D eigenvalue weighted by molar-refractivity contribution is 5.97. The first-order valence-corrected chi connectivity index (χ1v) is 3.35. The van der Waals surface area contributed by atoms with Gasteiger partial charge in [0.15, 0.2) is 0 Å². The van der Waals surface area contributed by atoms with Gasteiger partial charge in [0, 0.05) is 20.0 Å². The van der Waals surface area contributed by atoms with Gasteiger partial charge < -0.3 is 9.84 Å². The van der Waals surface area contributed by atoms with Gasteiger partial charge in [-0.2, -0.15) is 0 Å². The van der Waals surface area contributed by atoms with E-state index in [1.165, 1.54) is 7.11 Å². The van der Waals surface area contributed by atoms with Crippen molar-refractivity contribution >= 4 is 11.8 Å². The van der Waals surface area contributed by atoms with E-state index in [1.54, 1.807) is 0 Å². The Labute approximate surface area is 64.2 Å². The maximum atomic E-state index is 10.6. The van der Waals surface area contributed by atoms with Crippen LogP contribution in [0, 0.1) is 5.41 Å². The maximum absolute atomic E-state index is 10.6. The van der Waals surface area contributed by atoms with Gasteiger partial charge in [-0.1, -0.05) is 0 Å². The summed E-state index contributed by atoms with van der Waals surface area (Å²) >= 11 is 0. The minimum Gasteiger partial charge on any atom is -0.481 e. The average molecular weight is 158 g/mol. The molecule has 0 bridgehead atoms. The number of hydrogen-bond donors (Lipinski definition) is 1. The quantitative estimate of drug-likeness (QED) is 0.631. The van der Waals surface area contributed by atoms with E-state index >= 15 is 0 Å². The highest BCUT2D eigenvalue weighted by Gasteiger charge is 2.50. The molecule has 11 heavy (non-hydrogen) atoms. The standard InChI is InChI=1S/C7H10O4/c1-11-4-7(6(9)10)2-5(8)3-7/h2-4H2,1H3,(H,9,10). The van der Waals surface area contributed by atoms with Crippen LogP contribution in [-0.4, -0.2) is 30.6 Å². The topological polar surface area (TPSA) is 63.6 Å².